The van der Waals surface area contributed by atoms with Crippen molar-refractivity contribution in [3.63, 3.8) is 0 Å². The van der Waals surface area contributed by atoms with Crippen molar-refractivity contribution in [3.05, 3.63) is 23.0 Å². The van der Waals surface area contributed by atoms with Crippen LogP contribution in [0.4, 0.5) is 0 Å². The van der Waals surface area contributed by atoms with Gasteiger partial charge in [0.05, 0.1) is 12.9 Å². The molecule has 4 aliphatic carbocycles. The minimum absolute atomic E-state index is 0.0413. The van der Waals surface area contributed by atoms with Gasteiger partial charge in [-0.05, 0) is 85.8 Å². The molecule has 0 amide bonds. The number of aldehydes is 1. The van der Waals surface area contributed by atoms with Gasteiger partial charge < -0.3 is 9.47 Å². The average molecular weight is 415 g/mol. The molecule has 6 atom stereocenters. The second kappa shape index (κ2) is 7.06. The first-order valence-corrected chi connectivity index (χ1v) is 11.3. The van der Waals surface area contributed by atoms with Crippen molar-refractivity contribution in [2.75, 3.05) is 7.11 Å². The van der Waals surface area contributed by atoms with E-state index in [1.54, 1.807) is 14.0 Å². The number of carbonyl (C=O) groups is 3. The van der Waals surface area contributed by atoms with Gasteiger partial charge >= 0.3 is 5.97 Å². The van der Waals surface area contributed by atoms with E-state index in [0.29, 0.717) is 18.3 Å². The van der Waals surface area contributed by atoms with Gasteiger partial charge in [-0.25, -0.2) is 0 Å². The first-order valence-electron chi connectivity index (χ1n) is 11.3. The van der Waals surface area contributed by atoms with Gasteiger partial charge in [-0.2, -0.15) is 0 Å². The Kier molecular flexibility index (Phi) is 5.02. The van der Waals surface area contributed by atoms with E-state index in [4.69, 9.17) is 9.47 Å². The van der Waals surface area contributed by atoms with Gasteiger partial charge in [0.15, 0.2) is 11.4 Å². The number of esters is 1. The van der Waals surface area contributed by atoms with E-state index < -0.39 is 5.60 Å². The molecule has 2 saturated carbocycles. The second-order valence-corrected chi connectivity index (χ2v) is 10.3. The first kappa shape index (κ1) is 21.3. The lowest BCUT2D eigenvalue weighted by Gasteiger charge is -2.58. The minimum atomic E-state index is -1.03. The van der Waals surface area contributed by atoms with Crippen LogP contribution in [0.5, 0.6) is 0 Å². The highest BCUT2D eigenvalue weighted by atomic mass is 16.6. The van der Waals surface area contributed by atoms with Crippen LogP contribution in [0.3, 0.4) is 0 Å². The largest absolute Gasteiger partial charge is 0.501 e. The molecule has 0 aromatic carbocycles. The smallest absolute Gasteiger partial charge is 0.303 e. The fourth-order valence-electron chi connectivity index (χ4n) is 7.82. The zero-order valence-electron chi connectivity index (χ0n) is 18.9. The highest BCUT2D eigenvalue weighted by Gasteiger charge is 2.67. The van der Waals surface area contributed by atoms with Crippen LogP contribution < -0.4 is 0 Å². The maximum Gasteiger partial charge on any atom is 0.303 e. The Morgan fingerprint density at radius 1 is 1.10 bits per heavy atom. The Morgan fingerprint density at radius 2 is 1.80 bits per heavy atom. The Morgan fingerprint density at radius 3 is 2.40 bits per heavy atom. The Balaban J connectivity index is 1.78. The van der Waals surface area contributed by atoms with Crippen LogP contribution in [0.2, 0.25) is 0 Å². The molecule has 0 heterocycles. The van der Waals surface area contributed by atoms with Gasteiger partial charge in [0.2, 0.25) is 0 Å². The van der Waals surface area contributed by atoms with Crippen LogP contribution in [0.1, 0.15) is 72.6 Å². The number of allylic oxidation sites excluding steroid dienone is 4. The summed E-state index contributed by atoms with van der Waals surface area (Å²) in [6, 6.07) is 0. The quantitative estimate of drug-likeness (QED) is 0.499. The maximum absolute atomic E-state index is 12.8. The third-order valence-corrected chi connectivity index (χ3v) is 9.28. The monoisotopic (exact) mass is 414 g/mol. The molecular formula is C25H34O5. The van der Waals surface area contributed by atoms with Crippen LogP contribution in [0.15, 0.2) is 23.0 Å². The third kappa shape index (κ3) is 2.69. The normalized spacial score (nSPS) is 42.4. The summed E-state index contributed by atoms with van der Waals surface area (Å²) in [4.78, 5) is 36.9. The van der Waals surface area contributed by atoms with Gasteiger partial charge in [0.1, 0.15) is 6.29 Å². The van der Waals surface area contributed by atoms with E-state index in [2.05, 4.69) is 19.9 Å². The van der Waals surface area contributed by atoms with Crippen molar-refractivity contribution in [3.8, 4) is 0 Å². The number of fused-ring (bicyclic) bond motifs is 5. The zero-order valence-corrected chi connectivity index (χ0v) is 18.9. The number of ketones is 1. The number of methoxy groups -OCH3 is 1. The summed E-state index contributed by atoms with van der Waals surface area (Å²) in [5, 5.41) is 0. The highest BCUT2D eigenvalue weighted by Crippen LogP contribution is 2.68. The molecule has 2 fully saturated rings. The van der Waals surface area contributed by atoms with Crippen LogP contribution in [0.25, 0.3) is 0 Å². The summed E-state index contributed by atoms with van der Waals surface area (Å²) in [7, 11) is 1.70. The lowest BCUT2D eigenvalue weighted by molar-refractivity contribution is -0.186. The zero-order chi connectivity index (χ0) is 21.9. The number of ether oxygens (including phenoxy) is 2. The van der Waals surface area contributed by atoms with Crippen LogP contribution in [-0.4, -0.2) is 30.7 Å². The standard InChI is InChI=1S/C25H34O5/c1-15(27)25(30-16(2)28)11-8-21-19-12-17(14-26)22-13-18(29-5)6-9-23(22,3)20(19)7-10-24(21,25)4/h13-14,19-21H,6-12H2,1-5H3/t19-,20+,21+,23+,24-,25+/m1/s1. The van der Waals surface area contributed by atoms with Gasteiger partial charge in [0.25, 0.3) is 0 Å². The fraction of sp³-hybridized carbons (Fsp3) is 0.720. The lowest BCUT2D eigenvalue weighted by Crippen LogP contribution is -2.58. The van der Waals surface area contributed by atoms with Gasteiger partial charge in [0, 0.05) is 18.8 Å². The SMILES string of the molecule is COC1=CC2=C(C=O)C[C@@H]3[C@H](CC[C@]4(C)[C@H]3CC[C@]4(OC(C)=O)C(C)=O)[C@]2(C)CC1. The molecule has 0 saturated heterocycles. The van der Waals surface area contributed by atoms with Crippen molar-refractivity contribution < 1.29 is 23.9 Å². The van der Waals surface area contributed by atoms with E-state index in [9.17, 15) is 14.4 Å². The van der Waals surface area contributed by atoms with Crippen LogP contribution in [-0.2, 0) is 23.9 Å². The summed E-state index contributed by atoms with van der Waals surface area (Å²) in [6.45, 7) is 7.43. The van der Waals surface area contributed by atoms with Crippen LogP contribution >= 0.6 is 0 Å². The molecule has 0 spiro atoms. The number of Topliss-reactive ketones (excluding diaryl/α,β-unsaturated/α-hetero) is 1. The first-order chi connectivity index (χ1) is 14.1. The van der Waals surface area contributed by atoms with E-state index >= 15 is 0 Å². The molecule has 4 rings (SSSR count). The predicted molar refractivity (Wildman–Crippen MR) is 112 cm³/mol. The van der Waals surface area contributed by atoms with E-state index in [0.717, 1.165) is 61.7 Å². The molecule has 0 aromatic heterocycles. The van der Waals surface area contributed by atoms with E-state index in [1.165, 1.54) is 6.92 Å². The molecule has 0 aliphatic heterocycles. The molecule has 0 N–H and O–H groups in total. The van der Waals surface area contributed by atoms with Crippen molar-refractivity contribution in [2.45, 2.75) is 78.2 Å². The van der Waals surface area contributed by atoms with Gasteiger partial charge in [-0.1, -0.05) is 13.8 Å². The Bertz CT molecular complexity index is 854. The van der Waals surface area contributed by atoms with Crippen molar-refractivity contribution in [2.24, 2.45) is 28.6 Å². The molecule has 0 unspecified atom stereocenters. The topological polar surface area (TPSA) is 69.7 Å². The summed E-state index contributed by atoms with van der Waals surface area (Å²) >= 11 is 0. The molecular weight excluding hydrogens is 380 g/mol. The predicted octanol–water partition coefficient (Wildman–Crippen LogP) is 4.55. The van der Waals surface area contributed by atoms with E-state index in [-0.39, 0.29) is 28.5 Å². The molecule has 5 heteroatoms. The van der Waals surface area contributed by atoms with Crippen molar-refractivity contribution in [1.82, 2.24) is 0 Å². The molecule has 164 valence electrons. The third-order valence-electron chi connectivity index (χ3n) is 9.28. The molecule has 30 heavy (non-hydrogen) atoms. The second-order valence-electron chi connectivity index (χ2n) is 10.3. The Hall–Kier alpha value is -1.91. The molecule has 0 bridgehead atoms. The van der Waals surface area contributed by atoms with Gasteiger partial charge in [-0.15, -0.1) is 0 Å². The number of hydrogen-bond acceptors (Lipinski definition) is 5. The number of carbonyl (C=O) groups excluding carboxylic acids is 3. The van der Waals surface area contributed by atoms with Gasteiger partial charge in [-0.3, -0.25) is 14.4 Å². The molecule has 5 nitrogen and oxygen atoms in total. The highest BCUT2D eigenvalue weighted by molar-refractivity contribution is 5.89. The summed E-state index contributed by atoms with van der Waals surface area (Å²) in [6.07, 6.45) is 9.03. The minimum Gasteiger partial charge on any atom is -0.501 e. The molecule has 0 aromatic rings. The number of hydrogen-bond donors (Lipinski definition) is 0. The van der Waals surface area contributed by atoms with E-state index in [1.807, 2.05) is 0 Å². The summed E-state index contributed by atoms with van der Waals surface area (Å²) in [5.41, 5.74) is 0.573. The number of rotatable bonds is 4. The van der Waals surface area contributed by atoms with Crippen molar-refractivity contribution >= 4 is 18.0 Å². The van der Waals surface area contributed by atoms with Crippen LogP contribution in [0, 0.1) is 28.6 Å². The average Bonchev–Trinajstić information content (AvgIpc) is 3.00. The fourth-order valence-corrected chi connectivity index (χ4v) is 7.82. The Labute approximate surface area is 179 Å². The lowest BCUT2D eigenvalue weighted by atomic mass is 9.46. The summed E-state index contributed by atoms with van der Waals surface area (Å²) in [5.74, 6) is 1.58. The maximum atomic E-state index is 12.8. The summed E-state index contributed by atoms with van der Waals surface area (Å²) < 4.78 is 11.3. The van der Waals surface area contributed by atoms with Crippen molar-refractivity contribution in [1.29, 1.82) is 0 Å². The molecule has 4 aliphatic rings. The molecule has 0 radical (unpaired) electrons.